The summed E-state index contributed by atoms with van der Waals surface area (Å²) >= 11 is 1.51. The SMILES string of the molecule is C=CCC1(C(=O)OC)CSc2ccccc2C1=O. The molecular weight excluding hydrogens is 248 g/mol. The van der Waals surface area contributed by atoms with Crippen LogP contribution in [0, 0.1) is 5.41 Å². The third kappa shape index (κ3) is 1.86. The lowest BCUT2D eigenvalue weighted by atomic mass is 9.78. The number of hydrogen-bond acceptors (Lipinski definition) is 4. The molecule has 0 N–H and O–H groups in total. The van der Waals surface area contributed by atoms with Gasteiger partial charge in [-0.05, 0) is 12.5 Å². The molecule has 0 amide bonds. The molecule has 1 aromatic rings. The number of esters is 1. The Balaban J connectivity index is 2.50. The normalized spacial score (nSPS) is 22.2. The third-order valence-corrected chi connectivity index (χ3v) is 4.41. The second-order valence-corrected chi connectivity index (χ2v) is 5.20. The molecule has 2 rings (SSSR count). The van der Waals surface area contributed by atoms with Crippen LogP contribution in [0.4, 0.5) is 0 Å². The van der Waals surface area contributed by atoms with E-state index >= 15 is 0 Å². The van der Waals surface area contributed by atoms with Crippen molar-refractivity contribution in [2.75, 3.05) is 12.9 Å². The molecule has 0 aromatic heterocycles. The van der Waals surface area contributed by atoms with Crippen molar-refractivity contribution in [3.8, 4) is 0 Å². The average molecular weight is 262 g/mol. The van der Waals surface area contributed by atoms with E-state index in [1.165, 1.54) is 18.9 Å². The van der Waals surface area contributed by atoms with Crippen LogP contribution in [0.1, 0.15) is 16.8 Å². The molecule has 1 aliphatic heterocycles. The van der Waals surface area contributed by atoms with Gasteiger partial charge in [0, 0.05) is 16.2 Å². The first-order chi connectivity index (χ1) is 8.65. The Kier molecular flexibility index (Phi) is 3.57. The van der Waals surface area contributed by atoms with E-state index in [0.29, 0.717) is 17.7 Å². The molecule has 0 fully saturated rings. The number of fused-ring (bicyclic) bond motifs is 1. The van der Waals surface area contributed by atoms with Gasteiger partial charge in [-0.25, -0.2) is 0 Å². The molecule has 1 atom stereocenters. The lowest BCUT2D eigenvalue weighted by Crippen LogP contribution is -2.44. The van der Waals surface area contributed by atoms with Gasteiger partial charge in [-0.2, -0.15) is 0 Å². The van der Waals surface area contributed by atoms with Gasteiger partial charge in [0.2, 0.25) is 0 Å². The minimum Gasteiger partial charge on any atom is -0.468 e. The maximum absolute atomic E-state index is 12.6. The number of allylic oxidation sites excluding steroid dienone is 1. The van der Waals surface area contributed by atoms with Crippen molar-refractivity contribution in [2.45, 2.75) is 11.3 Å². The molecule has 0 radical (unpaired) electrons. The molecule has 1 unspecified atom stereocenters. The number of hydrogen-bond donors (Lipinski definition) is 0. The first-order valence-corrected chi connectivity index (χ1v) is 6.60. The Morgan fingerprint density at radius 3 is 2.94 bits per heavy atom. The smallest absolute Gasteiger partial charge is 0.320 e. The molecule has 0 saturated heterocycles. The molecule has 1 aromatic carbocycles. The van der Waals surface area contributed by atoms with Crippen molar-refractivity contribution in [3.05, 3.63) is 42.5 Å². The number of rotatable bonds is 3. The Bertz CT molecular complexity index is 510. The first-order valence-electron chi connectivity index (χ1n) is 5.61. The van der Waals surface area contributed by atoms with E-state index in [2.05, 4.69) is 6.58 Å². The van der Waals surface area contributed by atoms with E-state index in [4.69, 9.17) is 4.74 Å². The molecule has 0 spiro atoms. The molecule has 1 heterocycles. The van der Waals surface area contributed by atoms with E-state index in [9.17, 15) is 9.59 Å². The molecule has 18 heavy (non-hydrogen) atoms. The van der Waals surface area contributed by atoms with E-state index in [1.54, 1.807) is 18.2 Å². The van der Waals surface area contributed by atoms with Crippen molar-refractivity contribution < 1.29 is 14.3 Å². The number of carbonyl (C=O) groups excluding carboxylic acids is 2. The summed E-state index contributed by atoms with van der Waals surface area (Å²) in [6.07, 6.45) is 1.91. The molecule has 1 aliphatic rings. The Hall–Kier alpha value is -1.55. The third-order valence-electron chi connectivity index (χ3n) is 3.11. The van der Waals surface area contributed by atoms with Crippen LogP contribution in [0.5, 0.6) is 0 Å². The lowest BCUT2D eigenvalue weighted by Gasteiger charge is -2.32. The number of Topliss-reactive ketones (excluding diaryl/α,β-unsaturated/α-hetero) is 1. The van der Waals surface area contributed by atoms with Crippen LogP contribution in [0.2, 0.25) is 0 Å². The minimum atomic E-state index is -1.12. The number of ether oxygens (including phenoxy) is 1. The van der Waals surface area contributed by atoms with Gasteiger partial charge in [-0.1, -0.05) is 24.3 Å². The standard InChI is InChI=1S/C14H14O3S/c1-3-8-14(13(16)17-2)9-18-11-7-5-4-6-10(11)12(14)15/h3-7H,1,8-9H2,2H3. The highest BCUT2D eigenvalue weighted by Crippen LogP contribution is 2.42. The lowest BCUT2D eigenvalue weighted by molar-refractivity contribution is -0.148. The zero-order valence-corrected chi connectivity index (χ0v) is 11.0. The van der Waals surface area contributed by atoms with Crippen LogP contribution >= 0.6 is 11.8 Å². The highest BCUT2D eigenvalue weighted by Gasteiger charge is 2.49. The van der Waals surface area contributed by atoms with Gasteiger partial charge in [-0.15, -0.1) is 18.3 Å². The Labute approximate surface area is 110 Å². The van der Waals surface area contributed by atoms with E-state index in [-0.39, 0.29) is 5.78 Å². The zero-order valence-electron chi connectivity index (χ0n) is 10.1. The van der Waals surface area contributed by atoms with Crippen molar-refractivity contribution in [2.24, 2.45) is 5.41 Å². The summed E-state index contributed by atoms with van der Waals surface area (Å²) in [7, 11) is 1.31. The predicted octanol–water partition coefficient (Wildman–Crippen LogP) is 2.71. The largest absolute Gasteiger partial charge is 0.468 e. The van der Waals surface area contributed by atoms with Crippen LogP contribution in [-0.2, 0) is 9.53 Å². The van der Waals surface area contributed by atoms with Crippen LogP contribution in [-0.4, -0.2) is 24.6 Å². The highest BCUT2D eigenvalue weighted by molar-refractivity contribution is 7.99. The van der Waals surface area contributed by atoms with E-state index in [1.807, 2.05) is 12.1 Å². The predicted molar refractivity (Wildman–Crippen MR) is 70.8 cm³/mol. The second kappa shape index (κ2) is 4.98. The summed E-state index contributed by atoms with van der Waals surface area (Å²) in [5.74, 6) is -0.236. The molecular formula is C14H14O3S. The fourth-order valence-corrected chi connectivity index (χ4v) is 3.39. The Morgan fingerprint density at radius 1 is 1.56 bits per heavy atom. The van der Waals surface area contributed by atoms with Gasteiger partial charge in [0.25, 0.3) is 0 Å². The second-order valence-electron chi connectivity index (χ2n) is 4.18. The van der Waals surface area contributed by atoms with Crippen LogP contribution in [0.15, 0.2) is 41.8 Å². The van der Waals surface area contributed by atoms with Gasteiger partial charge < -0.3 is 4.74 Å². The van der Waals surface area contributed by atoms with E-state index in [0.717, 1.165) is 4.90 Å². The molecule has 4 heteroatoms. The fraction of sp³-hybridized carbons (Fsp3) is 0.286. The maximum Gasteiger partial charge on any atom is 0.320 e. The molecule has 0 bridgehead atoms. The summed E-state index contributed by atoms with van der Waals surface area (Å²) in [6.45, 7) is 3.64. The van der Waals surface area contributed by atoms with Crippen LogP contribution in [0.25, 0.3) is 0 Å². The van der Waals surface area contributed by atoms with Crippen molar-refractivity contribution in [3.63, 3.8) is 0 Å². The summed E-state index contributed by atoms with van der Waals surface area (Å²) in [6, 6.07) is 7.34. The molecule has 0 saturated carbocycles. The van der Waals surface area contributed by atoms with Gasteiger partial charge >= 0.3 is 5.97 Å². The quantitative estimate of drug-likeness (QED) is 0.477. The summed E-state index contributed by atoms with van der Waals surface area (Å²) < 4.78 is 4.81. The molecule has 3 nitrogen and oxygen atoms in total. The van der Waals surface area contributed by atoms with Crippen LogP contribution < -0.4 is 0 Å². The summed E-state index contributed by atoms with van der Waals surface area (Å²) in [4.78, 5) is 25.5. The maximum atomic E-state index is 12.6. The van der Waals surface area contributed by atoms with Gasteiger partial charge in [0.05, 0.1) is 7.11 Å². The van der Waals surface area contributed by atoms with Crippen molar-refractivity contribution in [1.82, 2.24) is 0 Å². The van der Waals surface area contributed by atoms with Gasteiger partial charge in [-0.3, -0.25) is 9.59 Å². The van der Waals surface area contributed by atoms with Gasteiger partial charge in [0.1, 0.15) is 5.41 Å². The fourth-order valence-electron chi connectivity index (χ4n) is 2.13. The van der Waals surface area contributed by atoms with Crippen molar-refractivity contribution >= 4 is 23.5 Å². The van der Waals surface area contributed by atoms with E-state index < -0.39 is 11.4 Å². The van der Waals surface area contributed by atoms with Crippen LogP contribution in [0.3, 0.4) is 0 Å². The summed E-state index contributed by atoms with van der Waals surface area (Å²) in [5.41, 5.74) is -0.517. The summed E-state index contributed by atoms with van der Waals surface area (Å²) in [5, 5.41) is 0. The number of carbonyl (C=O) groups is 2. The highest BCUT2D eigenvalue weighted by atomic mass is 32.2. The minimum absolute atomic E-state index is 0.163. The molecule has 0 aliphatic carbocycles. The number of benzene rings is 1. The zero-order chi connectivity index (χ0) is 13.2. The average Bonchev–Trinajstić information content (AvgIpc) is 2.41. The number of thioether (sulfide) groups is 1. The number of ketones is 1. The molecule has 94 valence electrons. The monoisotopic (exact) mass is 262 g/mol. The topological polar surface area (TPSA) is 43.4 Å². The van der Waals surface area contributed by atoms with Gasteiger partial charge in [0.15, 0.2) is 5.78 Å². The Morgan fingerprint density at radius 2 is 2.28 bits per heavy atom. The number of methoxy groups -OCH3 is 1. The first kappa shape index (κ1) is 12.9. The van der Waals surface area contributed by atoms with Crippen molar-refractivity contribution in [1.29, 1.82) is 0 Å².